The zero-order valence-corrected chi connectivity index (χ0v) is 27.9. The van der Waals surface area contributed by atoms with Crippen molar-refractivity contribution in [2.45, 2.75) is 71.9 Å². The Balaban J connectivity index is 1.85. The Morgan fingerprint density at radius 3 is 2.35 bits per heavy atom. The summed E-state index contributed by atoms with van der Waals surface area (Å²) >= 11 is 14.3. The number of hydrogen-bond donors (Lipinski definition) is 0. The maximum atomic E-state index is 14.1. The number of rotatable bonds is 7. The second-order valence-electron chi connectivity index (χ2n) is 11.9. The van der Waals surface area contributed by atoms with Gasteiger partial charge in [-0.3, -0.25) is 32.9 Å². The number of halogens is 2. The van der Waals surface area contributed by atoms with Gasteiger partial charge in [0.05, 0.1) is 30.1 Å². The SMILES string of the molecule is CC(C)Cn1c(=O)n(C)c(=O)c2c(C(=O)N3C[C@H](O[Si](C)(C)C(C)(C)C)CO3)c(Cn3c(Cl)c(Cl)sc3=O)sc21. The van der Waals surface area contributed by atoms with Crippen LogP contribution in [0.2, 0.25) is 27.6 Å². The molecular formula is C25H34Cl2N4O6S2Si. The van der Waals surface area contributed by atoms with Crippen LogP contribution in [0, 0.1) is 5.92 Å². The molecule has 0 bridgehead atoms. The van der Waals surface area contributed by atoms with E-state index < -0.39 is 30.3 Å². The molecule has 0 aliphatic carbocycles. The van der Waals surface area contributed by atoms with Gasteiger partial charge in [-0.25, -0.2) is 9.86 Å². The number of thiophene rings is 1. The summed E-state index contributed by atoms with van der Waals surface area (Å²) in [4.78, 5) is 59.5. The van der Waals surface area contributed by atoms with Crippen LogP contribution in [0.5, 0.6) is 0 Å². The molecule has 1 fully saturated rings. The van der Waals surface area contributed by atoms with E-state index in [1.165, 1.54) is 21.2 Å². The summed E-state index contributed by atoms with van der Waals surface area (Å²) < 4.78 is 10.4. The van der Waals surface area contributed by atoms with Gasteiger partial charge in [-0.15, -0.1) is 11.3 Å². The van der Waals surface area contributed by atoms with Gasteiger partial charge in [0.15, 0.2) is 8.32 Å². The van der Waals surface area contributed by atoms with Crippen molar-refractivity contribution in [1.82, 2.24) is 18.8 Å². The number of fused-ring (bicyclic) bond motifs is 1. The fourth-order valence-electron chi connectivity index (χ4n) is 4.27. The molecular weight excluding hydrogens is 615 g/mol. The first-order chi connectivity index (χ1) is 18.4. The minimum atomic E-state index is -2.13. The van der Waals surface area contributed by atoms with Crippen molar-refractivity contribution in [3.63, 3.8) is 0 Å². The number of aromatic nitrogens is 3. The van der Waals surface area contributed by atoms with Gasteiger partial charge in [-0.1, -0.05) is 69.2 Å². The van der Waals surface area contributed by atoms with E-state index in [0.29, 0.717) is 16.3 Å². The molecule has 0 saturated carbocycles. The van der Waals surface area contributed by atoms with Crippen molar-refractivity contribution < 1.29 is 14.1 Å². The number of thiazole rings is 1. The average molecular weight is 650 g/mol. The molecule has 0 N–H and O–H groups in total. The lowest BCUT2D eigenvalue weighted by molar-refractivity contribution is -0.0777. The maximum Gasteiger partial charge on any atom is 0.331 e. The van der Waals surface area contributed by atoms with Gasteiger partial charge >= 0.3 is 10.6 Å². The van der Waals surface area contributed by atoms with E-state index in [1.54, 1.807) is 0 Å². The van der Waals surface area contributed by atoms with Crippen molar-refractivity contribution in [1.29, 1.82) is 0 Å². The van der Waals surface area contributed by atoms with Gasteiger partial charge in [0.2, 0.25) is 0 Å². The van der Waals surface area contributed by atoms with Crippen molar-refractivity contribution in [2.75, 3.05) is 13.2 Å². The van der Waals surface area contributed by atoms with Crippen LogP contribution in [0.3, 0.4) is 0 Å². The highest BCUT2D eigenvalue weighted by Gasteiger charge is 2.42. The summed E-state index contributed by atoms with van der Waals surface area (Å²) in [6, 6.07) is 0. The van der Waals surface area contributed by atoms with Crippen LogP contribution in [0.25, 0.3) is 10.2 Å². The minimum absolute atomic E-state index is 0.0260. The summed E-state index contributed by atoms with van der Waals surface area (Å²) in [7, 11) is -0.743. The molecule has 15 heteroatoms. The zero-order chi connectivity index (χ0) is 29.9. The third kappa shape index (κ3) is 5.66. The molecule has 1 saturated heterocycles. The Hall–Kier alpha value is -1.74. The number of amides is 1. The van der Waals surface area contributed by atoms with Gasteiger partial charge in [-0.05, 0) is 24.1 Å². The van der Waals surface area contributed by atoms with E-state index in [9.17, 15) is 19.2 Å². The van der Waals surface area contributed by atoms with Gasteiger partial charge in [-0.2, -0.15) is 0 Å². The number of hydrogen-bond acceptors (Lipinski definition) is 8. The van der Waals surface area contributed by atoms with Crippen LogP contribution in [-0.4, -0.2) is 52.2 Å². The molecule has 10 nitrogen and oxygen atoms in total. The molecule has 4 heterocycles. The Morgan fingerprint density at radius 2 is 1.80 bits per heavy atom. The highest BCUT2D eigenvalue weighted by molar-refractivity contribution is 7.19. The fourth-order valence-corrected chi connectivity index (χ4v) is 8.09. The first-order valence-corrected chi connectivity index (χ1v) is 18.2. The first-order valence-electron chi connectivity index (χ1n) is 12.9. The molecule has 220 valence electrons. The molecule has 0 spiro atoms. The van der Waals surface area contributed by atoms with Crippen LogP contribution in [-0.2, 0) is 29.4 Å². The van der Waals surface area contributed by atoms with Crippen molar-refractivity contribution in [3.05, 3.63) is 50.4 Å². The lowest BCUT2D eigenvalue weighted by Gasteiger charge is -2.37. The largest absolute Gasteiger partial charge is 0.410 e. The van der Waals surface area contributed by atoms with Crippen LogP contribution in [0.1, 0.15) is 49.9 Å². The predicted octanol–water partition coefficient (Wildman–Crippen LogP) is 4.77. The lowest BCUT2D eigenvalue weighted by Crippen LogP contribution is -2.45. The summed E-state index contributed by atoms with van der Waals surface area (Å²) in [6.07, 6.45) is -0.326. The molecule has 0 unspecified atom stereocenters. The third-order valence-electron chi connectivity index (χ3n) is 7.38. The molecule has 40 heavy (non-hydrogen) atoms. The van der Waals surface area contributed by atoms with Gasteiger partial charge < -0.3 is 4.43 Å². The zero-order valence-electron chi connectivity index (χ0n) is 23.8. The standard InChI is InChI=1S/C25H34Cl2N4O6S2Si/c1-13(2)9-30-22-17(20(32)28(6)23(30)34)16(15(38-22)11-29-18(26)19(27)39-24(29)35)21(33)31-10-14(12-36-31)37-40(7,8)25(3,4)5/h13-14H,9-12H2,1-8H3/t14-/m0/s1. The molecule has 3 aromatic rings. The van der Waals surface area contributed by atoms with E-state index in [0.717, 1.165) is 27.2 Å². The Bertz CT molecular complexity index is 1650. The number of carbonyl (C=O) groups excluding carboxylic acids is 1. The normalized spacial score (nSPS) is 16.6. The van der Waals surface area contributed by atoms with Gasteiger partial charge in [0.25, 0.3) is 11.5 Å². The van der Waals surface area contributed by atoms with Gasteiger partial charge in [0.1, 0.15) is 20.9 Å². The van der Waals surface area contributed by atoms with Crippen molar-refractivity contribution in [2.24, 2.45) is 13.0 Å². The molecule has 0 aromatic carbocycles. The van der Waals surface area contributed by atoms with E-state index >= 15 is 0 Å². The summed E-state index contributed by atoms with van der Waals surface area (Å²) in [5.74, 6) is -0.453. The maximum absolute atomic E-state index is 14.1. The monoisotopic (exact) mass is 648 g/mol. The van der Waals surface area contributed by atoms with Crippen LogP contribution in [0.4, 0.5) is 0 Å². The van der Waals surface area contributed by atoms with Crippen molar-refractivity contribution in [3.8, 4) is 0 Å². The molecule has 1 atom stereocenters. The predicted molar refractivity (Wildman–Crippen MR) is 163 cm³/mol. The second-order valence-corrected chi connectivity index (χ2v) is 19.7. The Labute approximate surface area is 250 Å². The number of nitrogens with zero attached hydrogens (tertiary/aromatic N) is 4. The summed E-state index contributed by atoms with van der Waals surface area (Å²) in [5, 5.41) is 1.34. The molecule has 1 aliphatic heterocycles. The molecule has 0 radical (unpaired) electrons. The minimum Gasteiger partial charge on any atom is -0.410 e. The highest BCUT2D eigenvalue weighted by atomic mass is 35.5. The van der Waals surface area contributed by atoms with Crippen LogP contribution < -0.4 is 16.1 Å². The summed E-state index contributed by atoms with van der Waals surface area (Å²) in [5.41, 5.74) is -0.996. The third-order valence-corrected chi connectivity index (χ3v) is 14.9. The quantitative estimate of drug-likeness (QED) is 0.342. The topological polar surface area (TPSA) is 105 Å². The number of carbonyl (C=O) groups is 1. The van der Waals surface area contributed by atoms with E-state index in [-0.39, 0.29) is 57.2 Å². The summed E-state index contributed by atoms with van der Waals surface area (Å²) in [6.45, 7) is 15.2. The van der Waals surface area contributed by atoms with Crippen LogP contribution >= 0.6 is 45.9 Å². The lowest BCUT2D eigenvalue weighted by atomic mass is 10.1. The second kappa shape index (κ2) is 11.2. The highest BCUT2D eigenvalue weighted by Crippen LogP contribution is 2.38. The van der Waals surface area contributed by atoms with E-state index in [1.807, 2.05) is 13.8 Å². The van der Waals surface area contributed by atoms with Crippen LogP contribution in [0.15, 0.2) is 14.4 Å². The molecule has 1 amide bonds. The first kappa shape index (κ1) is 31.2. The molecule has 3 aromatic heterocycles. The molecule has 4 rings (SSSR count). The van der Waals surface area contributed by atoms with Gasteiger partial charge in [0, 0.05) is 18.5 Å². The van der Waals surface area contributed by atoms with E-state index in [4.69, 9.17) is 32.5 Å². The Morgan fingerprint density at radius 1 is 1.15 bits per heavy atom. The van der Waals surface area contributed by atoms with Crippen molar-refractivity contribution >= 4 is 70.3 Å². The smallest absolute Gasteiger partial charge is 0.331 e. The number of hydroxylamine groups is 2. The average Bonchev–Trinajstić information content (AvgIpc) is 3.52. The Kier molecular flexibility index (Phi) is 8.70. The fraction of sp³-hybridized carbons (Fsp3) is 0.600. The van der Waals surface area contributed by atoms with E-state index in [2.05, 4.69) is 33.9 Å². The molecule has 1 aliphatic rings.